The van der Waals surface area contributed by atoms with E-state index in [9.17, 15) is 14.0 Å². The van der Waals surface area contributed by atoms with E-state index in [0.717, 1.165) is 34.7 Å². The average Bonchev–Trinajstić information content (AvgIpc) is 3.58. The molecule has 0 spiro atoms. The second kappa shape index (κ2) is 9.59. The van der Waals surface area contributed by atoms with E-state index in [1.807, 2.05) is 19.2 Å². The molecule has 1 aliphatic heterocycles. The molecular formula is C29H33FN6O3. The van der Waals surface area contributed by atoms with Gasteiger partial charge in [0.15, 0.2) is 5.82 Å². The molecule has 2 N–H and O–H groups in total. The molecule has 10 heteroatoms. The van der Waals surface area contributed by atoms with Crippen LogP contribution < -0.4 is 10.2 Å². The first-order valence-electron chi connectivity index (χ1n) is 13.4. The highest BCUT2D eigenvalue weighted by atomic mass is 19.1. The zero-order chi connectivity index (χ0) is 27.4. The van der Waals surface area contributed by atoms with E-state index in [2.05, 4.69) is 57.7 Å². The molecular weight excluding hydrogens is 499 g/mol. The van der Waals surface area contributed by atoms with Gasteiger partial charge >= 0.3 is 6.09 Å². The summed E-state index contributed by atoms with van der Waals surface area (Å²) in [6.07, 6.45) is 1.78. The van der Waals surface area contributed by atoms with Gasteiger partial charge in [-0.1, -0.05) is 12.1 Å². The number of aromatic nitrogens is 3. The zero-order valence-corrected chi connectivity index (χ0v) is 22.4. The maximum absolute atomic E-state index is 13.4. The Labute approximate surface area is 225 Å². The number of fused-ring (bicyclic) bond motifs is 3. The molecule has 3 heterocycles. The van der Waals surface area contributed by atoms with Crippen molar-refractivity contribution in [3.63, 3.8) is 0 Å². The van der Waals surface area contributed by atoms with Crippen molar-refractivity contribution in [3.8, 4) is 11.5 Å². The molecule has 0 bridgehead atoms. The Hall–Kier alpha value is -4.08. The normalized spacial score (nSPS) is 16.1. The maximum Gasteiger partial charge on any atom is 0.405 e. The first-order chi connectivity index (χ1) is 18.7. The number of benzene rings is 2. The number of carboxylic acid groups (broad SMARTS) is 1. The van der Waals surface area contributed by atoms with E-state index >= 15 is 0 Å². The van der Waals surface area contributed by atoms with E-state index in [-0.39, 0.29) is 12.5 Å². The average molecular weight is 533 g/mol. The first-order valence-corrected chi connectivity index (χ1v) is 13.4. The Kier molecular flexibility index (Phi) is 6.20. The van der Waals surface area contributed by atoms with Crippen LogP contribution in [0, 0.1) is 5.92 Å². The van der Waals surface area contributed by atoms with Crippen molar-refractivity contribution in [1.82, 2.24) is 24.3 Å². The number of nitrogens with one attached hydrogen (secondary N) is 1. The smallest absolute Gasteiger partial charge is 0.405 e. The van der Waals surface area contributed by atoms with Gasteiger partial charge in [0.1, 0.15) is 6.67 Å². The number of carbonyl (C=O) groups excluding carboxylic acids is 1. The summed E-state index contributed by atoms with van der Waals surface area (Å²) in [6, 6.07) is 11.5. The fourth-order valence-electron chi connectivity index (χ4n) is 5.79. The highest BCUT2D eigenvalue weighted by Crippen LogP contribution is 2.39. The number of imidazole rings is 1. The van der Waals surface area contributed by atoms with Crippen LogP contribution in [0.25, 0.3) is 33.5 Å². The van der Waals surface area contributed by atoms with Crippen molar-refractivity contribution < 1.29 is 19.1 Å². The van der Waals surface area contributed by atoms with E-state index in [1.165, 1.54) is 34.3 Å². The second-order valence-electron chi connectivity index (χ2n) is 11.0. The van der Waals surface area contributed by atoms with E-state index in [1.54, 1.807) is 0 Å². The van der Waals surface area contributed by atoms with Crippen molar-refractivity contribution >= 4 is 39.6 Å². The molecule has 39 heavy (non-hydrogen) atoms. The molecule has 1 atom stereocenters. The van der Waals surface area contributed by atoms with Gasteiger partial charge in [0.05, 0.1) is 34.0 Å². The van der Waals surface area contributed by atoms with E-state index in [0.29, 0.717) is 24.4 Å². The number of halogens is 1. The monoisotopic (exact) mass is 532 g/mol. The first kappa shape index (κ1) is 25.2. The molecule has 4 aromatic rings. The van der Waals surface area contributed by atoms with Gasteiger partial charge in [0.25, 0.3) is 5.91 Å². The number of aryl methyl sites for hydroxylation is 1. The summed E-state index contributed by atoms with van der Waals surface area (Å²) >= 11 is 0. The van der Waals surface area contributed by atoms with Crippen LogP contribution in [0.4, 0.5) is 14.9 Å². The summed E-state index contributed by atoms with van der Waals surface area (Å²) in [5, 5.41) is 12.3. The summed E-state index contributed by atoms with van der Waals surface area (Å²) < 4.78 is 17.9. The summed E-state index contributed by atoms with van der Waals surface area (Å²) in [5.41, 5.74) is 6.58. The zero-order valence-electron chi connectivity index (χ0n) is 22.4. The molecule has 1 saturated carbocycles. The van der Waals surface area contributed by atoms with Crippen molar-refractivity contribution in [3.05, 3.63) is 47.5 Å². The lowest BCUT2D eigenvalue weighted by Gasteiger charge is -2.31. The molecule has 0 radical (unpaired) electrons. The third kappa shape index (κ3) is 4.47. The molecule has 2 amide bonds. The van der Waals surface area contributed by atoms with Crippen molar-refractivity contribution in [2.75, 3.05) is 38.8 Å². The summed E-state index contributed by atoms with van der Waals surface area (Å²) in [7, 11) is 6.15. The fourth-order valence-corrected chi connectivity index (χ4v) is 5.79. The third-order valence-electron chi connectivity index (χ3n) is 7.98. The molecule has 0 saturated heterocycles. The minimum Gasteiger partial charge on any atom is -0.465 e. The number of nitrogens with zero attached hydrogens (tertiary/aromatic N) is 5. The minimum atomic E-state index is -1.30. The summed E-state index contributed by atoms with van der Waals surface area (Å²) in [4.78, 5) is 33.0. The van der Waals surface area contributed by atoms with Crippen molar-refractivity contribution in [2.45, 2.75) is 31.8 Å². The van der Waals surface area contributed by atoms with Crippen LogP contribution in [0.5, 0.6) is 0 Å². The summed E-state index contributed by atoms with van der Waals surface area (Å²) in [5.74, 6) is 1.29. The van der Waals surface area contributed by atoms with Crippen molar-refractivity contribution in [2.24, 2.45) is 13.0 Å². The van der Waals surface area contributed by atoms with E-state index in [4.69, 9.17) is 10.1 Å². The van der Waals surface area contributed by atoms with Gasteiger partial charge in [-0.25, -0.2) is 14.2 Å². The predicted octanol–water partition coefficient (Wildman–Crippen LogP) is 4.28. The van der Waals surface area contributed by atoms with Gasteiger partial charge < -0.3 is 29.4 Å². The number of hydrogen-bond donors (Lipinski definition) is 2. The van der Waals surface area contributed by atoms with Crippen LogP contribution in [0.2, 0.25) is 0 Å². The highest BCUT2D eigenvalue weighted by Gasteiger charge is 2.30. The van der Waals surface area contributed by atoms with Gasteiger partial charge in [0.2, 0.25) is 0 Å². The predicted molar refractivity (Wildman–Crippen MR) is 149 cm³/mol. The Morgan fingerprint density at radius 3 is 2.74 bits per heavy atom. The van der Waals surface area contributed by atoms with E-state index < -0.39 is 18.8 Å². The van der Waals surface area contributed by atoms with Crippen LogP contribution in [0.3, 0.4) is 0 Å². The van der Waals surface area contributed by atoms with Crippen LogP contribution in [0.15, 0.2) is 36.4 Å². The van der Waals surface area contributed by atoms with Crippen LogP contribution >= 0.6 is 0 Å². The standard InChI is InChI=1S/C29H33FN6O3/c1-33(2)23-6-4-5-19-12-25(36(26(19)23)15-17-7-8-17)27-32-22-13-21-18(11-24(22)34(27)3)9-10-35(28(21)37)16-20(14-30)31-29(38)39/h4-6,11-13,17,20,31H,7-10,14-16H2,1-3H3,(H,38,39)/t20-/m1/s1. The molecule has 9 nitrogen and oxygen atoms in total. The topological polar surface area (TPSA) is 95.6 Å². The molecule has 2 aromatic carbocycles. The van der Waals surface area contributed by atoms with Gasteiger partial charge in [-0.05, 0) is 55.0 Å². The Morgan fingerprint density at radius 1 is 1.26 bits per heavy atom. The molecule has 6 rings (SSSR count). The number of hydrogen-bond acceptors (Lipinski definition) is 4. The maximum atomic E-state index is 13.4. The van der Waals surface area contributed by atoms with Gasteiger partial charge in [-0.2, -0.15) is 0 Å². The Bertz CT molecular complexity index is 1600. The number of alkyl halides is 1. The van der Waals surface area contributed by atoms with Gasteiger partial charge in [0, 0.05) is 51.7 Å². The van der Waals surface area contributed by atoms with Gasteiger partial charge in [-0.3, -0.25) is 4.79 Å². The van der Waals surface area contributed by atoms with Crippen LogP contribution in [-0.2, 0) is 20.0 Å². The quantitative estimate of drug-likeness (QED) is 0.353. The lowest BCUT2D eigenvalue weighted by Crippen LogP contribution is -2.48. The Balaban J connectivity index is 1.41. The fraction of sp³-hybridized carbons (Fsp3) is 0.414. The molecule has 1 fully saturated rings. The summed E-state index contributed by atoms with van der Waals surface area (Å²) in [6.45, 7) is 0.456. The second-order valence-corrected chi connectivity index (χ2v) is 11.0. The SMILES string of the molecule is CN(C)c1cccc2cc(-c3nc4cc5c(cc4n3C)CCN(C[C@@H](CF)NC(=O)O)C5=O)n(CC3CC3)c12. The van der Waals surface area contributed by atoms with Crippen LogP contribution in [-0.4, -0.2) is 76.0 Å². The lowest BCUT2D eigenvalue weighted by atomic mass is 9.97. The molecule has 0 unspecified atom stereocenters. The number of carbonyl (C=O) groups is 2. The highest BCUT2D eigenvalue weighted by molar-refractivity contribution is 6.01. The number of para-hydroxylation sites is 1. The minimum absolute atomic E-state index is 0.0118. The third-order valence-corrected chi connectivity index (χ3v) is 7.98. The largest absolute Gasteiger partial charge is 0.465 e. The number of anilines is 1. The molecule has 1 aliphatic carbocycles. The number of amides is 2. The van der Waals surface area contributed by atoms with Crippen LogP contribution in [0.1, 0.15) is 28.8 Å². The van der Waals surface area contributed by atoms with Crippen molar-refractivity contribution in [1.29, 1.82) is 0 Å². The number of rotatable bonds is 8. The molecule has 2 aromatic heterocycles. The molecule has 2 aliphatic rings. The Morgan fingerprint density at radius 2 is 2.05 bits per heavy atom. The van der Waals surface area contributed by atoms with Gasteiger partial charge in [-0.15, -0.1) is 0 Å². The molecule has 204 valence electrons. The lowest BCUT2D eigenvalue weighted by molar-refractivity contribution is 0.0714.